The second kappa shape index (κ2) is 4.78. The Morgan fingerprint density at radius 2 is 1.26 bits per heavy atom. The van der Waals surface area contributed by atoms with Crippen LogP contribution in [-0.4, -0.2) is 0 Å². The molecule has 0 saturated heterocycles. The van der Waals surface area contributed by atoms with Gasteiger partial charge in [0.2, 0.25) is 0 Å². The van der Waals surface area contributed by atoms with Gasteiger partial charge < -0.3 is 0 Å². The highest BCUT2D eigenvalue weighted by atomic mass is 14.7. The molecule has 0 spiro atoms. The summed E-state index contributed by atoms with van der Waals surface area (Å²) >= 11 is 0. The standard InChI is InChI=1S/C19H31/c1-3-8-16(9-4-1)18(12-5-2-6-13-18)19(14-15-19)17-10-7-11-17/h16H,1-15H2. The minimum Gasteiger partial charge on any atom is -0.0533 e. The van der Waals surface area contributed by atoms with E-state index in [1.165, 1.54) is 44.9 Å². The Hall–Kier alpha value is 0. The van der Waals surface area contributed by atoms with Gasteiger partial charge in [-0.25, -0.2) is 0 Å². The van der Waals surface area contributed by atoms with Crippen LogP contribution in [0.5, 0.6) is 0 Å². The minimum absolute atomic E-state index is 0.785. The smallest absolute Gasteiger partial charge is 0.0174 e. The highest BCUT2D eigenvalue weighted by Gasteiger charge is 2.65. The molecule has 0 aliphatic heterocycles. The molecule has 0 amide bonds. The van der Waals surface area contributed by atoms with E-state index in [9.17, 15) is 0 Å². The van der Waals surface area contributed by atoms with E-state index in [-0.39, 0.29) is 0 Å². The maximum Gasteiger partial charge on any atom is -0.0174 e. The van der Waals surface area contributed by atoms with Crippen LogP contribution in [-0.2, 0) is 0 Å². The Bertz CT molecular complexity index is 309. The molecule has 4 rings (SSSR count). The van der Waals surface area contributed by atoms with Gasteiger partial charge in [-0.2, -0.15) is 0 Å². The molecule has 0 aromatic carbocycles. The highest BCUT2D eigenvalue weighted by Crippen LogP contribution is 2.75. The summed E-state index contributed by atoms with van der Waals surface area (Å²) in [5, 5.41) is 0. The monoisotopic (exact) mass is 259 g/mol. The van der Waals surface area contributed by atoms with Gasteiger partial charge in [0.1, 0.15) is 0 Å². The fourth-order valence-electron chi connectivity index (χ4n) is 6.28. The molecule has 4 aliphatic carbocycles. The summed E-state index contributed by atoms with van der Waals surface area (Å²) in [5.74, 6) is 3.15. The number of rotatable bonds is 3. The molecular formula is C19H31. The summed E-state index contributed by atoms with van der Waals surface area (Å²) in [7, 11) is 0. The van der Waals surface area contributed by atoms with Crippen molar-refractivity contribution >= 4 is 0 Å². The molecule has 19 heavy (non-hydrogen) atoms. The molecule has 4 fully saturated rings. The Morgan fingerprint density at radius 3 is 1.79 bits per heavy atom. The van der Waals surface area contributed by atoms with Crippen LogP contribution in [0.3, 0.4) is 0 Å². The minimum atomic E-state index is 0.785. The molecule has 0 heterocycles. The van der Waals surface area contributed by atoms with Crippen molar-refractivity contribution in [3.63, 3.8) is 0 Å². The van der Waals surface area contributed by atoms with Crippen molar-refractivity contribution in [3.05, 3.63) is 5.92 Å². The lowest BCUT2D eigenvalue weighted by molar-refractivity contribution is -0.0144. The molecule has 0 unspecified atom stereocenters. The van der Waals surface area contributed by atoms with Crippen LogP contribution in [0.25, 0.3) is 0 Å². The topological polar surface area (TPSA) is 0 Å². The van der Waals surface area contributed by atoms with Crippen LogP contribution in [0, 0.1) is 22.7 Å². The molecule has 0 bridgehead atoms. The zero-order chi connectivity index (χ0) is 12.8. The van der Waals surface area contributed by atoms with Gasteiger partial charge in [-0.05, 0) is 74.0 Å². The van der Waals surface area contributed by atoms with Crippen LogP contribution in [0.1, 0.15) is 96.3 Å². The van der Waals surface area contributed by atoms with Gasteiger partial charge in [-0.15, -0.1) is 0 Å². The van der Waals surface area contributed by atoms with Crippen molar-refractivity contribution in [2.24, 2.45) is 16.7 Å². The molecule has 1 radical (unpaired) electrons. The third-order valence-electron chi connectivity index (χ3n) is 7.47. The van der Waals surface area contributed by atoms with E-state index in [0.717, 1.165) is 16.7 Å². The highest BCUT2D eigenvalue weighted by molar-refractivity contribution is 5.26. The van der Waals surface area contributed by atoms with Crippen LogP contribution in [0.2, 0.25) is 0 Å². The molecule has 0 aromatic rings. The molecular weight excluding hydrogens is 228 g/mol. The molecule has 0 aromatic heterocycles. The second-order valence-corrected chi connectivity index (χ2v) is 8.09. The lowest BCUT2D eigenvalue weighted by atomic mass is 9.49. The predicted octanol–water partition coefficient (Wildman–Crippen LogP) is 6.06. The Kier molecular flexibility index (Phi) is 3.20. The summed E-state index contributed by atoms with van der Waals surface area (Å²) < 4.78 is 0. The molecule has 0 nitrogen and oxygen atoms in total. The van der Waals surface area contributed by atoms with Crippen molar-refractivity contribution in [1.82, 2.24) is 0 Å². The first-order valence-corrected chi connectivity index (χ1v) is 9.23. The summed E-state index contributed by atoms with van der Waals surface area (Å²) in [6.07, 6.45) is 23.3. The first-order chi connectivity index (χ1) is 9.37. The molecule has 0 atom stereocenters. The Morgan fingerprint density at radius 1 is 0.632 bits per heavy atom. The SMILES string of the molecule is C1CCC(C2(C3([C]4CCC4)CC3)CCCCC2)CC1. The fraction of sp³-hybridized carbons (Fsp3) is 0.947. The zero-order valence-corrected chi connectivity index (χ0v) is 12.7. The van der Waals surface area contributed by atoms with Gasteiger partial charge >= 0.3 is 0 Å². The molecule has 4 saturated carbocycles. The lowest BCUT2D eigenvalue weighted by Crippen LogP contribution is -2.46. The van der Waals surface area contributed by atoms with Crippen LogP contribution < -0.4 is 0 Å². The van der Waals surface area contributed by atoms with E-state index in [4.69, 9.17) is 0 Å². The first kappa shape index (κ1) is 12.7. The molecule has 0 heteroatoms. The lowest BCUT2D eigenvalue weighted by Gasteiger charge is -2.55. The quantitative estimate of drug-likeness (QED) is 0.578. The first-order valence-electron chi connectivity index (χ1n) is 9.23. The Balaban J connectivity index is 1.63. The van der Waals surface area contributed by atoms with Gasteiger partial charge in [0.15, 0.2) is 0 Å². The van der Waals surface area contributed by atoms with Gasteiger partial charge in [0, 0.05) is 0 Å². The summed E-state index contributed by atoms with van der Waals surface area (Å²) in [5.41, 5.74) is 1.58. The van der Waals surface area contributed by atoms with E-state index < -0.39 is 0 Å². The average Bonchev–Trinajstić information content (AvgIpc) is 3.20. The normalized spacial score (nSPS) is 34.7. The van der Waals surface area contributed by atoms with E-state index in [1.54, 1.807) is 51.4 Å². The van der Waals surface area contributed by atoms with Crippen molar-refractivity contribution in [2.75, 3.05) is 0 Å². The largest absolute Gasteiger partial charge is 0.0533 e. The van der Waals surface area contributed by atoms with Gasteiger partial charge in [-0.1, -0.05) is 44.9 Å². The molecule has 0 N–H and O–H groups in total. The van der Waals surface area contributed by atoms with E-state index in [0.29, 0.717) is 0 Å². The van der Waals surface area contributed by atoms with Crippen molar-refractivity contribution < 1.29 is 0 Å². The third kappa shape index (κ3) is 1.84. The number of hydrogen-bond acceptors (Lipinski definition) is 0. The maximum atomic E-state index is 2.04. The summed E-state index contributed by atoms with van der Waals surface area (Å²) in [6.45, 7) is 0. The molecule has 107 valence electrons. The summed E-state index contributed by atoms with van der Waals surface area (Å²) in [6, 6.07) is 0. The van der Waals surface area contributed by atoms with E-state index in [2.05, 4.69) is 0 Å². The van der Waals surface area contributed by atoms with E-state index >= 15 is 0 Å². The van der Waals surface area contributed by atoms with E-state index in [1.807, 2.05) is 5.92 Å². The maximum absolute atomic E-state index is 2.04. The van der Waals surface area contributed by atoms with Crippen molar-refractivity contribution in [3.8, 4) is 0 Å². The van der Waals surface area contributed by atoms with Crippen molar-refractivity contribution in [1.29, 1.82) is 0 Å². The van der Waals surface area contributed by atoms with Gasteiger partial charge in [-0.3, -0.25) is 0 Å². The third-order valence-corrected chi connectivity index (χ3v) is 7.47. The van der Waals surface area contributed by atoms with Gasteiger partial charge in [0.25, 0.3) is 0 Å². The summed E-state index contributed by atoms with van der Waals surface area (Å²) in [4.78, 5) is 0. The number of hydrogen-bond donors (Lipinski definition) is 0. The second-order valence-electron chi connectivity index (χ2n) is 8.09. The average molecular weight is 259 g/mol. The van der Waals surface area contributed by atoms with Crippen LogP contribution in [0.15, 0.2) is 0 Å². The molecule has 4 aliphatic rings. The van der Waals surface area contributed by atoms with Gasteiger partial charge in [0.05, 0.1) is 0 Å². The van der Waals surface area contributed by atoms with Crippen LogP contribution in [0.4, 0.5) is 0 Å². The predicted molar refractivity (Wildman–Crippen MR) is 80.9 cm³/mol. The van der Waals surface area contributed by atoms with Crippen LogP contribution >= 0.6 is 0 Å². The van der Waals surface area contributed by atoms with Crippen molar-refractivity contribution in [2.45, 2.75) is 96.3 Å². The zero-order valence-electron chi connectivity index (χ0n) is 12.7. The Labute approximate surface area is 119 Å². The fourth-order valence-corrected chi connectivity index (χ4v) is 6.28.